The number of carbonyl (C=O) groups is 2. The molecule has 0 saturated carbocycles. The third-order valence-corrected chi connectivity index (χ3v) is 4.52. The second-order valence-corrected chi connectivity index (χ2v) is 8.33. The maximum Gasteiger partial charge on any atom is 0.412 e. The first-order chi connectivity index (χ1) is 14.0. The Kier molecular flexibility index (Phi) is 6.02. The number of amides is 1. The Morgan fingerprint density at radius 1 is 1.30 bits per heavy atom. The van der Waals surface area contributed by atoms with E-state index in [0.29, 0.717) is 22.2 Å². The van der Waals surface area contributed by atoms with E-state index in [9.17, 15) is 9.59 Å². The Hall–Kier alpha value is -3.07. The molecule has 3 aromatic rings. The number of nitrogens with one attached hydrogen (secondary N) is 2. The van der Waals surface area contributed by atoms with Gasteiger partial charge in [-0.1, -0.05) is 44.5 Å². The van der Waals surface area contributed by atoms with Crippen LogP contribution in [0.4, 0.5) is 10.5 Å². The predicted octanol–water partition coefficient (Wildman–Crippen LogP) is 4.18. The van der Waals surface area contributed by atoms with Crippen LogP contribution in [0.15, 0.2) is 24.3 Å². The number of esters is 1. The first kappa shape index (κ1) is 21.6. The highest BCUT2D eigenvalue weighted by Crippen LogP contribution is 2.32. The van der Waals surface area contributed by atoms with Gasteiger partial charge in [0, 0.05) is 23.6 Å². The summed E-state index contributed by atoms with van der Waals surface area (Å²) in [6.45, 7) is 9.01. The summed E-state index contributed by atoms with van der Waals surface area (Å²) < 4.78 is 11.5. The number of aromatic amines is 1. The van der Waals surface area contributed by atoms with E-state index in [2.05, 4.69) is 20.5 Å². The minimum Gasteiger partial charge on any atom is -0.462 e. The topological polar surface area (TPSA) is 111 Å². The molecular formula is C20H24ClN5O4. The van der Waals surface area contributed by atoms with Crippen LogP contribution < -0.4 is 5.32 Å². The van der Waals surface area contributed by atoms with Gasteiger partial charge in [-0.3, -0.25) is 10.1 Å². The summed E-state index contributed by atoms with van der Waals surface area (Å²) in [6, 6.07) is 7.09. The third-order valence-electron chi connectivity index (χ3n) is 4.16. The molecule has 0 aliphatic heterocycles. The second kappa shape index (κ2) is 8.35. The van der Waals surface area contributed by atoms with Gasteiger partial charge in [-0.15, -0.1) is 9.73 Å². The second-order valence-electron chi connectivity index (χ2n) is 7.95. The molecule has 0 radical (unpaired) electrons. The van der Waals surface area contributed by atoms with Crippen molar-refractivity contribution in [3.63, 3.8) is 0 Å². The smallest absolute Gasteiger partial charge is 0.412 e. The summed E-state index contributed by atoms with van der Waals surface area (Å²) in [7, 11) is 0. The molecule has 10 heteroatoms. The van der Waals surface area contributed by atoms with Gasteiger partial charge in [-0.25, -0.2) is 4.79 Å². The van der Waals surface area contributed by atoms with E-state index in [1.807, 2.05) is 26.8 Å². The fraction of sp³-hybridized carbons (Fsp3) is 0.400. The Bertz CT molecular complexity index is 1080. The minimum absolute atomic E-state index is 0.00764. The van der Waals surface area contributed by atoms with E-state index in [4.69, 9.17) is 21.1 Å². The minimum atomic E-state index is -0.654. The maximum atomic E-state index is 12.1. The lowest BCUT2D eigenvalue weighted by Gasteiger charge is -2.14. The summed E-state index contributed by atoms with van der Waals surface area (Å²) in [6.07, 6.45) is -1.23. The number of anilines is 1. The summed E-state index contributed by atoms with van der Waals surface area (Å²) in [5.41, 5.74) is 2.42. The van der Waals surface area contributed by atoms with Crippen LogP contribution in [0.1, 0.15) is 40.3 Å². The van der Waals surface area contributed by atoms with Crippen LogP contribution in [-0.2, 0) is 19.7 Å². The van der Waals surface area contributed by atoms with Crippen LogP contribution in [0.3, 0.4) is 0 Å². The van der Waals surface area contributed by atoms with Crippen molar-refractivity contribution in [2.75, 3.05) is 11.9 Å². The van der Waals surface area contributed by atoms with Crippen molar-refractivity contribution in [2.24, 2.45) is 0 Å². The fourth-order valence-corrected chi connectivity index (χ4v) is 3.19. The molecule has 3 rings (SSSR count). The average Bonchev–Trinajstić information content (AvgIpc) is 3.19. The number of aromatic nitrogens is 4. The summed E-state index contributed by atoms with van der Waals surface area (Å²) in [5, 5.41) is 12.1. The van der Waals surface area contributed by atoms with E-state index in [0.717, 1.165) is 11.3 Å². The van der Waals surface area contributed by atoms with E-state index in [1.165, 1.54) is 11.6 Å². The zero-order valence-electron chi connectivity index (χ0n) is 17.4. The van der Waals surface area contributed by atoms with Gasteiger partial charge in [-0.05, 0) is 19.1 Å². The Morgan fingerprint density at radius 2 is 2.03 bits per heavy atom. The van der Waals surface area contributed by atoms with Gasteiger partial charge in [0.05, 0.1) is 5.69 Å². The highest BCUT2D eigenvalue weighted by molar-refractivity contribution is 6.34. The van der Waals surface area contributed by atoms with Gasteiger partial charge in [0.1, 0.15) is 17.7 Å². The quantitative estimate of drug-likeness (QED) is 0.584. The Morgan fingerprint density at radius 3 is 2.67 bits per heavy atom. The van der Waals surface area contributed by atoms with Gasteiger partial charge in [0.2, 0.25) is 0 Å². The number of H-pyrrole nitrogens is 1. The largest absolute Gasteiger partial charge is 0.462 e. The van der Waals surface area contributed by atoms with Crippen molar-refractivity contribution in [1.29, 1.82) is 0 Å². The number of ether oxygens (including phenoxy) is 2. The molecule has 2 aromatic heterocycles. The van der Waals surface area contributed by atoms with Crippen molar-refractivity contribution in [3.8, 4) is 11.4 Å². The van der Waals surface area contributed by atoms with E-state index < -0.39 is 18.2 Å². The first-order valence-corrected chi connectivity index (χ1v) is 9.79. The number of nitrogens with zero attached hydrogens (tertiary/aromatic N) is 3. The molecule has 0 spiro atoms. The predicted molar refractivity (Wildman–Crippen MR) is 113 cm³/mol. The van der Waals surface area contributed by atoms with Crippen LogP contribution in [0.25, 0.3) is 17.0 Å². The number of rotatable bonds is 5. The molecule has 30 heavy (non-hydrogen) atoms. The Balaban J connectivity index is 1.74. The van der Waals surface area contributed by atoms with E-state index in [1.54, 1.807) is 25.1 Å². The van der Waals surface area contributed by atoms with E-state index >= 15 is 0 Å². The lowest BCUT2D eigenvalue weighted by Crippen LogP contribution is -2.24. The number of carbonyl (C=O) groups excluding carboxylic acids is 2. The summed E-state index contributed by atoms with van der Waals surface area (Å²) in [4.78, 5) is 26.1. The van der Waals surface area contributed by atoms with Crippen molar-refractivity contribution >= 4 is 35.0 Å². The van der Waals surface area contributed by atoms with Crippen LogP contribution in [0.5, 0.6) is 0 Å². The monoisotopic (exact) mass is 433 g/mol. The van der Waals surface area contributed by atoms with Crippen molar-refractivity contribution < 1.29 is 19.1 Å². The standard InChI is InChI=1S/C20H24ClN5O4/c1-11(10-29-12(2)27)30-19(28)22-14-8-6-7-13(9-14)17-23-18-15(21)16(20(3,4)5)24-26(18)25-17/h6-9,11H,10H2,1-5H3,(H,22,28)(H,23,25). The fourth-order valence-electron chi connectivity index (χ4n) is 2.75. The molecule has 2 N–H and O–H groups in total. The number of hydrogen-bond acceptors (Lipinski definition) is 6. The van der Waals surface area contributed by atoms with Gasteiger partial charge in [0.15, 0.2) is 11.5 Å². The lowest BCUT2D eigenvalue weighted by molar-refractivity contribution is -0.143. The highest BCUT2D eigenvalue weighted by Gasteiger charge is 2.25. The molecule has 1 atom stereocenters. The summed E-state index contributed by atoms with van der Waals surface area (Å²) >= 11 is 6.48. The molecule has 2 heterocycles. The number of fused-ring (bicyclic) bond motifs is 1. The molecule has 9 nitrogen and oxygen atoms in total. The zero-order valence-corrected chi connectivity index (χ0v) is 18.2. The maximum absolute atomic E-state index is 12.1. The molecule has 0 aliphatic rings. The van der Waals surface area contributed by atoms with Gasteiger partial charge < -0.3 is 14.5 Å². The van der Waals surface area contributed by atoms with Gasteiger partial charge in [0.25, 0.3) is 0 Å². The molecule has 0 bridgehead atoms. The van der Waals surface area contributed by atoms with Crippen LogP contribution in [0.2, 0.25) is 5.02 Å². The molecular weight excluding hydrogens is 410 g/mol. The van der Waals surface area contributed by atoms with Crippen LogP contribution in [0, 0.1) is 0 Å². The number of hydrogen-bond donors (Lipinski definition) is 2. The molecule has 0 fully saturated rings. The molecule has 1 aromatic carbocycles. The summed E-state index contributed by atoms with van der Waals surface area (Å²) in [5.74, 6) is 0.123. The van der Waals surface area contributed by atoms with Crippen molar-refractivity contribution in [3.05, 3.63) is 35.0 Å². The number of halogens is 1. The highest BCUT2D eigenvalue weighted by atomic mass is 35.5. The Labute approximate surface area is 178 Å². The zero-order chi connectivity index (χ0) is 22.1. The first-order valence-electron chi connectivity index (χ1n) is 9.41. The molecule has 1 unspecified atom stereocenters. The van der Waals surface area contributed by atoms with Gasteiger partial charge in [-0.2, -0.15) is 5.10 Å². The lowest BCUT2D eigenvalue weighted by atomic mass is 9.92. The van der Waals surface area contributed by atoms with Crippen LogP contribution in [-0.4, -0.2) is 44.6 Å². The third kappa shape index (κ3) is 4.91. The molecule has 0 saturated heterocycles. The van der Waals surface area contributed by atoms with Gasteiger partial charge >= 0.3 is 12.1 Å². The van der Waals surface area contributed by atoms with E-state index in [-0.39, 0.29) is 12.0 Å². The van der Waals surface area contributed by atoms with Crippen LogP contribution >= 0.6 is 11.6 Å². The molecule has 160 valence electrons. The van der Waals surface area contributed by atoms with Crippen molar-refractivity contribution in [2.45, 2.75) is 46.1 Å². The normalized spacial score (nSPS) is 12.6. The number of benzene rings is 1. The average molecular weight is 434 g/mol. The SMILES string of the molecule is CC(=O)OCC(C)OC(=O)Nc1cccc(-c2nn3nc(C(C)(C)C)c(Cl)c3[nH]2)c1. The van der Waals surface area contributed by atoms with Crippen molar-refractivity contribution in [1.82, 2.24) is 19.8 Å². The molecule has 1 amide bonds. The molecule has 0 aliphatic carbocycles.